The monoisotopic (exact) mass is 209 g/mol. The van der Waals surface area contributed by atoms with Gasteiger partial charge >= 0.3 is 0 Å². The van der Waals surface area contributed by atoms with Crippen molar-refractivity contribution in [3.63, 3.8) is 0 Å². The molecular formula is C9H15N5O. The summed E-state index contributed by atoms with van der Waals surface area (Å²) in [4.78, 5) is 16.5. The third-order valence-electron chi connectivity index (χ3n) is 2.69. The highest BCUT2D eigenvalue weighted by Crippen LogP contribution is 2.08. The van der Waals surface area contributed by atoms with Gasteiger partial charge in [-0.3, -0.25) is 4.79 Å². The average Bonchev–Trinajstić information content (AvgIpc) is 2.74. The first kappa shape index (κ1) is 10.1. The maximum absolute atomic E-state index is 11.6. The van der Waals surface area contributed by atoms with Crippen molar-refractivity contribution < 1.29 is 4.79 Å². The number of carbonyl (C=O) groups excluding carboxylic acids is 1. The summed E-state index contributed by atoms with van der Waals surface area (Å²) in [6, 6.07) is 0.263. The molecule has 2 rings (SSSR count). The lowest BCUT2D eigenvalue weighted by Crippen LogP contribution is -2.43. The molecule has 1 aliphatic rings. The second-order valence-corrected chi connectivity index (χ2v) is 3.89. The van der Waals surface area contributed by atoms with E-state index >= 15 is 0 Å². The first-order valence-corrected chi connectivity index (χ1v) is 5.11. The van der Waals surface area contributed by atoms with Crippen LogP contribution in [0.25, 0.3) is 0 Å². The van der Waals surface area contributed by atoms with Crippen LogP contribution in [0, 0.1) is 0 Å². The molecule has 1 aromatic heterocycles. The first-order valence-electron chi connectivity index (χ1n) is 5.11. The van der Waals surface area contributed by atoms with Crippen molar-refractivity contribution in [2.75, 3.05) is 20.1 Å². The largest absolute Gasteiger partial charge is 0.346 e. The van der Waals surface area contributed by atoms with Crippen LogP contribution in [-0.4, -0.2) is 52.2 Å². The number of hydrogen-bond donors (Lipinski definition) is 2. The van der Waals surface area contributed by atoms with Crippen molar-refractivity contribution in [2.24, 2.45) is 0 Å². The fraction of sp³-hybridized carbons (Fsp3) is 0.667. The minimum Gasteiger partial charge on any atom is -0.346 e. The van der Waals surface area contributed by atoms with Gasteiger partial charge in [0.15, 0.2) is 0 Å². The Hall–Kier alpha value is -1.43. The third kappa shape index (κ3) is 2.53. The Morgan fingerprint density at radius 1 is 1.60 bits per heavy atom. The maximum atomic E-state index is 11.6. The SMILES string of the molecule is CN1CCC(NC(=O)c2nnc[nH]2)CC1. The predicted octanol–water partition coefficient (Wildman–Crippen LogP) is -0.371. The number of rotatable bonds is 2. The highest BCUT2D eigenvalue weighted by atomic mass is 16.2. The van der Waals surface area contributed by atoms with Crippen molar-refractivity contribution in [1.82, 2.24) is 25.4 Å². The van der Waals surface area contributed by atoms with Crippen LogP contribution >= 0.6 is 0 Å². The van der Waals surface area contributed by atoms with Crippen LogP contribution in [0.3, 0.4) is 0 Å². The van der Waals surface area contributed by atoms with Crippen LogP contribution in [0.2, 0.25) is 0 Å². The summed E-state index contributed by atoms with van der Waals surface area (Å²) in [7, 11) is 2.09. The molecule has 0 atom stereocenters. The van der Waals surface area contributed by atoms with E-state index in [2.05, 4.69) is 32.4 Å². The Kier molecular flexibility index (Phi) is 2.96. The fourth-order valence-electron chi connectivity index (χ4n) is 1.72. The number of aromatic amines is 1. The van der Waals surface area contributed by atoms with E-state index in [0.29, 0.717) is 0 Å². The molecule has 0 saturated carbocycles. The van der Waals surface area contributed by atoms with Gasteiger partial charge in [-0.25, -0.2) is 0 Å². The average molecular weight is 209 g/mol. The standard InChI is InChI=1S/C9H15N5O/c1-14-4-2-7(3-5-14)12-9(15)8-10-6-11-13-8/h6-7H,2-5H2,1H3,(H,12,15)(H,10,11,13). The summed E-state index contributed by atoms with van der Waals surface area (Å²) < 4.78 is 0. The minimum absolute atomic E-state index is 0.165. The van der Waals surface area contributed by atoms with Gasteiger partial charge in [-0.1, -0.05) is 0 Å². The number of aromatic nitrogens is 3. The quantitative estimate of drug-likeness (QED) is 0.697. The van der Waals surface area contributed by atoms with Crippen LogP contribution in [0.5, 0.6) is 0 Å². The molecule has 0 radical (unpaired) electrons. The number of hydrogen-bond acceptors (Lipinski definition) is 4. The molecular weight excluding hydrogens is 194 g/mol. The van der Waals surface area contributed by atoms with Crippen LogP contribution in [-0.2, 0) is 0 Å². The molecule has 1 aliphatic heterocycles. The number of likely N-dealkylation sites (tertiary alicyclic amines) is 1. The molecule has 6 heteroatoms. The van der Waals surface area contributed by atoms with Crippen LogP contribution in [0.1, 0.15) is 23.5 Å². The molecule has 0 aliphatic carbocycles. The predicted molar refractivity (Wildman–Crippen MR) is 54.4 cm³/mol. The molecule has 0 aromatic carbocycles. The second kappa shape index (κ2) is 4.39. The number of nitrogens with zero attached hydrogens (tertiary/aromatic N) is 3. The van der Waals surface area contributed by atoms with E-state index in [0.717, 1.165) is 25.9 Å². The van der Waals surface area contributed by atoms with Gasteiger partial charge in [-0.2, -0.15) is 0 Å². The molecule has 1 fully saturated rings. The molecule has 15 heavy (non-hydrogen) atoms. The van der Waals surface area contributed by atoms with Crippen molar-refractivity contribution in [3.8, 4) is 0 Å². The zero-order valence-corrected chi connectivity index (χ0v) is 8.73. The van der Waals surface area contributed by atoms with E-state index in [1.165, 1.54) is 6.33 Å². The highest BCUT2D eigenvalue weighted by Gasteiger charge is 2.19. The number of piperidine rings is 1. The summed E-state index contributed by atoms with van der Waals surface area (Å²) in [5.41, 5.74) is 0. The van der Waals surface area contributed by atoms with Crippen LogP contribution in [0.4, 0.5) is 0 Å². The summed E-state index contributed by atoms with van der Waals surface area (Å²) in [5.74, 6) is 0.121. The van der Waals surface area contributed by atoms with E-state index in [-0.39, 0.29) is 17.8 Å². The lowest BCUT2D eigenvalue weighted by Gasteiger charge is -2.29. The Bertz CT molecular complexity index is 315. The van der Waals surface area contributed by atoms with Gasteiger partial charge in [0.25, 0.3) is 5.91 Å². The number of nitrogens with one attached hydrogen (secondary N) is 2. The summed E-state index contributed by atoms with van der Waals surface area (Å²) >= 11 is 0. The van der Waals surface area contributed by atoms with Gasteiger partial charge in [0, 0.05) is 6.04 Å². The van der Waals surface area contributed by atoms with Gasteiger partial charge in [-0.05, 0) is 33.0 Å². The molecule has 0 spiro atoms. The molecule has 1 aromatic rings. The molecule has 2 heterocycles. The summed E-state index contributed by atoms with van der Waals surface area (Å²) in [6.45, 7) is 2.06. The minimum atomic E-state index is -0.165. The van der Waals surface area contributed by atoms with E-state index in [9.17, 15) is 4.79 Å². The lowest BCUT2D eigenvalue weighted by atomic mass is 10.1. The number of amides is 1. The lowest BCUT2D eigenvalue weighted by molar-refractivity contribution is 0.0906. The van der Waals surface area contributed by atoms with Crippen molar-refractivity contribution in [1.29, 1.82) is 0 Å². The highest BCUT2D eigenvalue weighted by molar-refractivity contribution is 5.90. The maximum Gasteiger partial charge on any atom is 0.289 e. The van der Waals surface area contributed by atoms with Gasteiger partial charge in [0.05, 0.1) is 0 Å². The van der Waals surface area contributed by atoms with E-state index in [1.54, 1.807) is 0 Å². The molecule has 0 unspecified atom stereocenters. The zero-order chi connectivity index (χ0) is 10.7. The molecule has 1 saturated heterocycles. The smallest absolute Gasteiger partial charge is 0.289 e. The topological polar surface area (TPSA) is 73.9 Å². The van der Waals surface area contributed by atoms with Gasteiger partial charge in [0.2, 0.25) is 5.82 Å². The molecule has 6 nitrogen and oxygen atoms in total. The van der Waals surface area contributed by atoms with E-state index < -0.39 is 0 Å². The normalized spacial score (nSPS) is 19.0. The van der Waals surface area contributed by atoms with Crippen molar-refractivity contribution in [3.05, 3.63) is 12.2 Å². The van der Waals surface area contributed by atoms with E-state index in [4.69, 9.17) is 0 Å². The molecule has 1 amide bonds. The Morgan fingerprint density at radius 3 is 2.93 bits per heavy atom. The Morgan fingerprint density at radius 2 is 2.33 bits per heavy atom. The van der Waals surface area contributed by atoms with E-state index in [1.807, 2.05) is 0 Å². The molecule has 0 bridgehead atoms. The first-order chi connectivity index (χ1) is 7.25. The second-order valence-electron chi connectivity index (χ2n) is 3.89. The number of H-pyrrole nitrogens is 1. The Balaban J connectivity index is 1.85. The fourth-order valence-corrected chi connectivity index (χ4v) is 1.72. The van der Waals surface area contributed by atoms with Crippen molar-refractivity contribution in [2.45, 2.75) is 18.9 Å². The van der Waals surface area contributed by atoms with Gasteiger partial charge in [0.1, 0.15) is 6.33 Å². The van der Waals surface area contributed by atoms with Gasteiger partial charge < -0.3 is 15.2 Å². The van der Waals surface area contributed by atoms with Crippen molar-refractivity contribution >= 4 is 5.91 Å². The van der Waals surface area contributed by atoms with Crippen LogP contribution < -0.4 is 5.32 Å². The van der Waals surface area contributed by atoms with Gasteiger partial charge in [-0.15, -0.1) is 10.2 Å². The molecule has 2 N–H and O–H groups in total. The third-order valence-corrected chi connectivity index (χ3v) is 2.69. The number of carbonyl (C=O) groups is 1. The van der Waals surface area contributed by atoms with Crippen LogP contribution in [0.15, 0.2) is 6.33 Å². The molecule has 82 valence electrons. The Labute approximate surface area is 88.1 Å². The summed E-state index contributed by atoms with van der Waals surface area (Å²) in [6.07, 6.45) is 3.40. The summed E-state index contributed by atoms with van der Waals surface area (Å²) in [5, 5.41) is 10.2. The zero-order valence-electron chi connectivity index (χ0n) is 8.73.